The van der Waals surface area contributed by atoms with Crippen LogP contribution in [0.2, 0.25) is 0 Å². The Morgan fingerprint density at radius 1 is 1.50 bits per heavy atom. The summed E-state index contributed by atoms with van der Waals surface area (Å²) >= 11 is 0.902. The number of carboxylic acid groups (broad SMARTS) is 1. The number of aromatic carboxylic acids is 1. The lowest BCUT2D eigenvalue weighted by atomic mass is 10.4. The molecule has 1 aromatic heterocycles. The minimum atomic E-state index is -3.59. The Bertz CT molecular complexity index is 508. The maximum atomic E-state index is 11.8. The highest BCUT2D eigenvalue weighted by Gasteiger charge is 2.17. The van der Waals surface area contributed by atoms with E-state index in [0.717, 1.165) is 17.9 Å². The van der Waals surface area contributed by atoms with Gasteiger partial charge in [-0.25, -0.2) is 17.9 Å². The van der Waals surface area contributed by atoms with Crippen LogP contribution in [0.5, 0.6) is 0 Å². The van der Waals surface area contributed by atoms with Crippen molar-refractivity contribution in [3.63, 3.8) is 0 Å². The molecule has 0 amide bonds. The number of hydrogen-bond donors (Lipinski definition) is 2. The van der Waals surface area contributed by atoms with E-state index >= 15 is 0 Å². The molecule has 18 heavy (non-hydrogen) atoms. The van der Waals surface area contributed by atoms with Crippen LogP contribution in [0.1, 0.15) is 16.1 Å². The van der Waals surface area contributed by atoms with Crippen LogP contribution in [0, 0.1) is 0 Å². The van der Waals surface area contributed by atoms with Crippen molar-refractivity contribution in [2.45, 2.75) is 11.3 Å². The molecule has 0 atom stereocenters. The number of sulfonamides is 1. The van der Waals surface area contributed by atoms with Gasteiger partial charge < -0.3 is 10.0 Å². The summed E-state index contributed by atoms with van der Waals surface area (Å²) in [5.41, 5.74) is 0. The van der Waals surface area contributed by atoms with Crippen LogP contribution in [0.3, 0.4) is 0 Å². The van der Waals surface area contributed by atoms with Gasteiger partial charge in [-0.15, -0.1) is 11.3 Å². The standard InChI is InChI=1S/C10H16N2O4S2/c1-12(2)5-3-4-11-18(15,16)8-6-9(10(13)14)17-7-8/h6-7,11H,3-5H2,1-2H3,(H,13,14). The molecular formula is C10H16N2O4S2. The molecule has 6 nitrogen and oxygen atoms in total. The van der Waals surface area contributed by atoms with E-state index in [2.05, 4.69) is 4.72 Å². The number of carboxylic acids is 1. The molecule has 0 aliphatic carbocycles. The molecule has 1 heterocycles. The third kappa shape index (κ3) is 4.37. The molecule has 1 rings (SSSR count). The fourth-order valence-electron chi connectivity index (χ4n) is 1.26. The monoisotopic (exact) mass is 292 g/mol. The quantitative estimate of drug-likeness (QED) is 0.722. The Hall–Kier alpha value is -0.960. The van der Waals surface area contributed by atoms with E-state index in [0.29, 0.717) is 13.0 Å². The van der Waals surface area contributed by atoms with Crippen molar-refractivity contribution >= 4 is 27.3 Å². The first-order valence-corrected chi connectivity index (χ1v) is 7.65. The molecule has 0 bridgehead atoms. The molecule has 0 radical (unpaired) electrons. The average Bonchev–Trinajstić information content (AvgIpc) is 2.74. The molecule has 2 N–H and O–H groups in total. The number of carbonyl (C=O) groups is 1. The molecule has 1 aromatic rings. The molecule has 0 fully saturated rings. The summed E-state index contributed by atoms with van der Waals surface area (Å²) in [6.45, 7) is 1.12. The van der Waals surface area contributed by atoms with E-state index in [4.69, 9.17) is 5.11 Å². The summed E-state index contributed by atoms with van der Waals surface area (Å²) < 4.78 is 26.0. The van der Waals surface area contributed by atoms with Crippen molar-refractivity contribution in [1.29, 1.82) is 0 Å². The number of thiophene rings is 1. The van der Waals surface area contributed by atoms with Crippen molar-refractivity contribution in [2.24, 2.45) is 0 Å². The Balaban J connectivity index is 2.60. The third-order valence-corrected chi connectivity index (χ3v) is 4.68. The summed E-state index contributed by atoms with van der Waals surface area (Å²) in [4.78, 5) is 12.7. The second-order valence-corrected chi connectivity index (χ2v) is 6.68. The molecular weight excluding hydrogens is 276 g/mol. The Labute approximate surface area is 110 Å². The van der Waals surface area contributed by atoms with Crippen LogP contribution in [0.25, 0.3) is 0 Å². The van der Waals surface area contributed by atoms with E-state index in [1.807, 2.05) is 19.0 Å². The smallest absolute Gasteiger partial charge is 0.345 e. The number of rotatable bonds is 7. The van der Waals surface area contributed by atoms with E-state index in [9.17, 15) is 13.2 Å². The van der Waals surface area contributed by atoms with Gasteiger partial charge in [-0.05, 0) is 33.1 Å². The Morgan fingerprint density at radius 2 is 2.17 bits per heavy atom. The minimum absolute atomic E-state index is 0.00903. The molecule has 102 valence electrons. The molecule has 0 aliphatic heterocycles. The first kappa shape index (κ1) is 15.1. The Morgan fingerprint density at radius 3 is 2.67 bits per heavy atom. The maximum Gasteiger partial charge on any atom is 0.345 e. The highest BCUT2D eigenvalue weighted by molar-refractivity contribution is 7.89. The largest absolute Gasteiger partial charge is 0.477 e. The molecule has 0 saturated heterocycles. The Kier molecular flexibility index (Phi) is 5.27. The lowest BCUT2D eigenvalue weighted by Crippen LogP contribution is -2.27. The lowest BCUT2D eigenvalue weighted by Gasteiger charge is -2.09. The fourth-order valence-corrected chi connectivity index (χ4v) is 3.44. The number of nitrogens with zero attached hydrogens (tertiary/aromatic N) is 1. The van der Waals surface area contributed by atoms with E-state index in [1.54, 1.807) is 0 Å². The zero-order valence-corrected chi connectivity index (χ0v) is 11.8. The molecule has 0 spiro atoms. The van der Waals surface area contributed by atoms with E-state index < -0.39 is 16.0 Å². The van der Waals surface area contributed by atoms with Gasteiger partial charge in [0.15, 0.2) is 0 Å². The van der Waals surface area contributed by atoms with Gasteiger partial charge in [0.05, 0.1) is 4.90 Å². The molecule has 0 aromatic carbocycles. The van der Waals surface area contributed by atoms with Crippen LogP contribution < -0.4 is 4.72 Å². The number of hydrogen-bond acceptors (Lipinski definition) is 5. The molecule has 0 saturated carbocycles. The average molecular weight is 292 g/mol. The van der Waals surface area contributed by atoms with Crippen LogP contribution >= 0.6 is 11.3 Å². The van der Waals surface area contributed by atoms with Crippen LogP contribution in [0.15, 0.2) is 16.3 Å². The van der Waals surface area contributed by atoms with Crippen LogP contribution in [0.4, 0.5) is 0 Å². The molecule has 0 unspecified atom stereocenters. The van der Waals surface area contributed by atoms with Gasteiger partial charge in [-0.3, -0.25) is 0 Å². The van der Waals surface area contributed by atoms with Crippen molar-refractivity contribution in [2.75, 3.05) is 27.2 Å². The van der Waals surface area contributed by atoms with Crippen molar-refractivity contribution in [3.8, 4) is 0 Å². The summed E-state index contributed by atoms with van der Waals surface area (Å²) in [7, 11) is 0.226. The first-order valence-electron chi connectivity index (χ1n) is 5.29. The van der Waals surface area contributed by atoms with Crippen LogP contribution in [-0.2, 0) is 10.0 Å². The van der Waals surface area contributed by atoms with Crippen LogP contribution in [-0.4, -0.2) is 51.6 Å². The predicted molar refractivity (Wildman–Crippen MR) is 69.6 cm³/mol. The fraction of sp³-hybridized carbons (Fsp3) is 0.500. The topological polar surface area (TPSA) is 86.7 Å². The summed E-state index contributed by atoms with van der Waals surface area (Å²) in [6, 6.07) is 1.17. The van der Waals surface area contributed by atoms with Gasteiger partial charge in [-0.2, -0.15) is 0 Å². The number of nitrogens with one attached hydrogen (secondary N) is 1. The summed E-state index contributed by atoms with van der Waals surface area (Å²) in [6.07, 6.45) is 0.697. The highest BCUT2D eigenvalue weighted by atomic mass is 32.2. The molecule has 8 heteroatoms. The molecule has 0 aliphatic rings. The first-order chi connectivity index (χ1) is 8.33. The summed E-state index contributed by atoms with van der Waals surface area (Å²) in [5, 5.41) is 10.1. The second kappa shape index (κ2) is 6.28. The normalized spacial score (nSPS) is 11.9. The van der Waals surface area contributed by atoms with Gasteiger partial charge in [0.2, 0.25) is 10.0 Å². The summed E-state index contributed by atoms with van der Waals surface area (Å²) in [5.74, 6) is -1.12. The third-order valence-electron chi connectivity index (χ3n) is 2.17. The lowest BCUT2D eigenvalue weighted by molar-refractivity contribution is 0.0702. The van der Waals surface area contributed by atoms with Gasteiger partial charge in [0.1, 0.15) is 4.88 Å². The zero-order valence-electron chi connectivity index (χ0n) is 10.2. The van der Waals surface area contributed by atoms with Crippen molar-refractivity contribution in [3.05, 3.63) is 16.3 Å². The predicted octanol–water partition coefficient (Wildman–Crippen LogP) is 0.676. The van der Waals surface area contributed by atoms with Gasteiger partial charge in [-0.1, -0.05) is 0 Å². The SMILES string of the molecule is CN(C)CCCNS(=O)(=O)c1csc(C(=O)O)c1. The van der Waals surface area contributed by atoms with E-state index in [1.165, 1.54) is 11.4 Å². The highest BCUT2D eigenvalue weighted by Crippen LogP contribution is 2.18. The van der Waals surface area contributed by atoms with Gasteiger partial charge >= 0.3 is 5.97 Å². The second-order valence-electron chi connectivity index (χ2n) is 4.01. The van der Waals surface area contributed by atoms with Crippen molar-refractivity contribution in [1.82, 2.24) is 9.62 Å². The minimum Gasteiger partial charge on any atom is -0.477 e. The maximum absolute atomic E-state index is 11.8. The van der Waals surface area contributed by atoms with E-state index in [-0.39, 0.29) is 9.77 Å². The van der Waals surface area contributed by atoms with Gasteiger partial charge in [0.25, 0.3) is 0 Å². The van der Waals surface area contributed by atoms with Gasteiger partial charge in [0, 0.05) is 11.9 Å². The zero-order chi connectivity index (χ0) is 13.8. The van der Waals surface area contributed by atoms with Crippen molar-refractivity contribution < 1.29 is 18.3 Å².